The van der Waals surface area contributed by atoms with Crippen molar-refractivity contribution in [1.82, 2.24) is 4.90 Å². The number of carbonyl (C=O) groups is 1. The van der Waals surface area contributed by atoms with Gasteiger partial charge in [0.25, 0.3) is 0 Å². The Kier molecular flexibility index (Phi) is 6.61. The molecule has 2 aromatic carbocycles. The predicted octanol–water partition coefficient (Wildman–Crippen LogP) is 5.66. The van der Waals surface area contributed by atoms with Gasteiger partial charge in [0, 0.05) is 16.1 Å². The molecule has 0 saturated carbocycles. The van der Waals surface area contributed by atoms with Crippen LogP contribution in [0.25, 0.3) is 0 Å². The molecule has 0 aliphatic carbocycles. The number of benzene rings is 2. The number of nitrogens with zero attached hydrogens (tertiary/aromatic N) is 1. The first-order valence-corrected chi connectivity index (χ1v) is 10.2. The van der Waals surface area contributed by atoms with E-state index in [4.69, 9.17) is 23.2 Å². The fraction of sp³-hybridized carbons (Fsp3) is 0.409. The number of rotatable bonds is 5. The molecule has 3 saturated heterocycles. The standard InChI is InChI=1S/C22H23Cl2NO2.ClH/c23-18-5-1-16(2-6-18)22(21(26)27,17-3-7-19(24)8-4-17)14-20-13-15-9-11-25(20)12-10-15;/h1-8,15,20H,9-14H2,(H,26,27);1H. The van der Waals surface area contributed by atoms with Crippen LogP contribution in [-0.4, -0.2) is 35.1 Å². The van der Waals surface area contributed by atoms with Gasteiger partial charge in [0.05, 0.1) is 0 Å². The van der Waals surface area contributed by atoms with Crippen molar-refractivity contribution in [2.45, 2.75) is 37.1 Å². The van der Waals surface area contributed by atoms with E-state index in [1.54, 1.807) is 24.3 Å². The predicted molar refractivity (Wildman–Crippen MR) is 116 cm³/mol. The summed E-state index contributed by atoms with van der Waals surface area (Å²) in [5, 5.41) is 11.7. The topological polar surface area (TPSA) is 40.5 Å². The lowest BCUT2D eigenvalue weighted by molar-refractivity contribution is -0.143. The summed E-state index contributed by atoms with van der Waals surface area (Å²) in [6.07, 6.45) is 4.11. The average molecular weight is 441 g/mol. The van der Waals surface area contributed by atoms with Gasteiger partial charge < -0.3 is 10.0 Å². The third-order valence-electron chi connectivity index (χ3n) is 6.35. The zero-order valence-electron chi connectivity index (χ0n) is 15.5. The highest BCUT2D eigenvalue weighted by Crippen LogP contribution is 2.43. The summed E-state index contributed by atoms with van der Waals surface area (Å²) >= 11 is 12.2. The Morgan fingerprint density at radius 3 is 1.79 bits per heavy atom. The highest BCUT2D eigenvalue weighted by atomic mass is 35.5. The molecule has 3 aliphatic rings. The van der Waals surface area contributed by atoms with Crippen molar-refractivity contribution in [3.63, 3.8) is 0 Å². The minimum absolute atomic E-state index is 0. The maximum atomic E-state index is 12.8. The van der Waals surface area contributed by atoms with Gasteiger partial charge in [-0.15, -0.1) is 12.4 Å². The van der Waals surface area contributed by atoms with Crippen LogP contribution in [0.15, 0.2) is 48.5 Å². The van der Waals surface area contributed by atoms with Crippen LogP contribution in [0.1, 0.15) is 36.8 Å². The second kappa shape index (κ2) is 8.62. The molecule has 28 heavy (non-hydrogen) atoms. The van der Waals surface area contributed by atoms with E-state index in [-0.39, 0.29) is 18.4 Å². The van der Waals surface area contributed by atoms with Crippen LogP contribution >= 0.6 is 35.6 Å². The third kappa shape index (κ3) is 3.91. The van der Waals surface area contributed by atoms with Gasteiger partial charge in [0.1, 0.15) is 5.41 Å². The van der Waals surface area contributed by atoms with Crippen molar-refractivity contribution in [2.75, 3.05) is 13.1 Å². The zero-order chi connectivity index (χ0) is 19.0. The van der Waals surface area contributed by atoms with Gasteiger partial charge in [-0.3, -0.25) is 4.79 Å². The molecule has 2 aromatic rings. The molecule has 1 unspecified atom stereocenters. The molecule has 3 heterocycles. The van der Waals surface area contributed by atoms with Crippen molar-refractivity contribution >= 4 is 41.6 Å². The Morgan fingerprint density at radius 1 is 0.964 bits per heavy atom. The summed E-state index contributed by atoms with van der Waals surface area (Å²) in [5.41, 5.74) is 0.422. The lowest BCUT2D eigenvalue weighted by Crippen LogP contribution is -2.53. The van der Waals surface area contributed by atoms with Crippen molar-refractivity contribution in [1.29, 1.82) is 0 Å². The van der Waals surface area contributed by atoms with Gasteiger partial charge in [-0.05, 0) is 80.1 Å². The Morgan fingerprint density at radius 2 is 1.43 bits per heavy atom. The molecule has 0 radical (unpaired) electrons. The zero-order valence-corrected chi connectivity index (χ0v) is 17.8. The smallest absolute Gasteiger partial charge is 0.318 e. The molecule has 5 rings (SSSR count). The Bertz CT molecular complexity index is 769. The minimum Gasteiger partial charge on any atom is -0.480 e. The van der Waals surface area contributed by atoms with E-state index in [0.29, 0.717) is 16.5 Å². The van der Waals surface area contributed by atoms with Crippen LogP contribution in [-0.2, 0) is 10.2 Å². The molecule has 3 aliphatic heterocycles. The van der Waals surface area contributed by atoms with Gasteiger partial charge in [-0.25, -0.2) is 0 Å². The molecule has 150 valence electrons. The fourth-order valence-corrected chi connectivity index (χ4v) is 5.11. The average Bonchev–Trinajstić information content (AvgIpc) is 2.68. The van der Waals surface area contributed by atoms with Crippen molar-refractivity contribution in [3.05, 3.63) is 69.7 Å². The first-order valence-electron chi connectivity index (χ1n) is 9.48. The van der Waals surface area contributed by atoms with Crippen LogP contribution in [0.5, 0.6) is 0 Å². The fourth-order valence-electron chi connectivity index (χ4n) is 4.86. The Balaban J connectivity index is 0.00000225. The summed E-state index contributed by atoms with van der Waals surface area (Å²) in [5.74, 6) is -0.100. The molecule has 0 spiro atoms. The number of fused-ring (bicyclic) bond motifs is 3. The summed E-state index contributed by atoms with van der Waals surface area (Å²) in [4.78, 5) is 15.3. The summed E-state index contributed by atoms with van der Waals surface area (Å²) in [7, 11) is 0. The Labute approximate surface area is 182 Å². The van der Waals surface area contributed by atoms with E-state index < -0.39 is 11.4 Å². The summed E-state index contributed by atoms with van der Waals surface area (Å²) in [6, 6.07) is 14.8. The second-order valence-electron chi connectivity index (χ2n) is 7.80. The molecule has 0 aromatic heterocycles. The quantitative estimate of drug-likeness (QED) is 0.652. The van der Waals surface area contributed by atoms with Crippen molar-refractivity contribution < 1.29 is 9.90 Å². The second-order valence-corrected chi connectivity index (χ2v) is 8.67. The summed E-state index contributed by atoms with van der Waals surface area (Å²) < 4.78 is 0. The number of piperidine rings is 3. The molecular weight excluding hydrogens is 417 g/mol. The van der Waals surface area contributed by atoms with Gasteiger partial charge in [-0.2, -0.15) is 0 Å². The maximum absolute atomic E-state index is 12.8. The number of halogens is 3. The molecule has 3 fully saturated rings. The lowest BCUT2D eigenvalue weighted by Gasteiger charge is -2.48. The van der Waals surface area contributed by atoms with Gasteiger partial charge >= 0.3 is 5.97 Å². The van der Waals surface area contributed by atoms with E-state index in [1.165, 1.54) is 12.8 Å². The molecule has 1 N–H and O–H groups in total. The third-order valence-corrected chi connectivity index (χ3v) is 6.86. The van der Waals surface area contributed by atoms with E-state index in [2.05, 4.69) is 4.90 Å². The molecule has 3 nitrogen and oxygen atoms in total. The number of hydrogen-bond donors (Lipinski definition) is 1. The number of carboxylic acid groups (broad SMARTS) is 1. The van der Waals surface area contributed by atoms with Crippen LogP contribution in [0.2, 0.25) is 10.0 Å². The molecule has 0 amide bonds. The molecular formula is C22H24Cl3NO2. The molecule has 1 atom stereocenters. The van der Waals surface area contributed by atoms with Crippen molar-refractivity contribution in [2.24, 2.45) is 5.92 Å². The number of aliphatic carboxylic acids is 1. The van der Waals surface area contributed by atoms with E-state index in [0.717, 1.165) is 36.6 Å². The van der Waals surface area contributed by atoms with Crippen LogP contribution in [0, 0.1) is 5.92 Å². The molecule has 6 heteroatoms. The van der Waals surface area contributed by atoms with Crippen LogP contribution in [0.4, 0.5) is 0 Å². The molecule has 2 bridgehead atoms. The first kappa shape index (κ1) is 21.4. The Hall–Kier alpha value is -1.26. The van der Waals surface area contributed by atoms with Crippen molar-refractivity contribution in [3.8, 4) is 0 Å². The van der Waals surface area contributed by atoms with Gasteiger partial charge in [0.2, 0.25) is 0 Å². The normalized spacial score (nSPS) is 23.9. The maximum Gasteiger partial charge on any atom is 0.318 e. The van der Waals surface area contributed by atoms with Crippen LogP contribution in [0.3, 0.4) is 0 Å². The lowest BCUT2D eigenvalue weighted by atomic mass is 9.67. The largest absolute Gasteiger partial charge is 0.480 e. The van der Waals surface area contributed by atoms with Gasteiger partial charge in [0.15, 0.2) is 0 Å². The van der Waals surface area contributed by atoms with E-state index >= 15 is 0 Å². The van der Waals surface area contributed by atoms with E-state index in [9.17, 15) is 9.90 Å². The number of carboxylic acids is 1. The number of hydrogen-bond acceptors (Lipinski definition) is 2. The van der Waals surface area contributed by atoms with E-state index in [1.807, 2.05) is 24.3 Å². The first-order chi connectivity index (χ1) is 13.0. The monoisotopic (exact) mass is 439 g/mol. The highest BCUT2D eigenvalue weighted by molar-refractivity contribution is 6.30. The summed E-state index contributed by atoms with van der Waals surface area (Å²) in [6.45, 7) is 2.15. The van der Waals surface area contributed by atoms with Gasteiger partial charge in [-0.1, -0.05) is 47.5 Å². The SMILES string of the molecule is Cl.O=C(O)C(CC1CC2CCN1CC2)(c1ccc(Cl)cc1)c1ccc(Cl)cc1. The van der Waals surface area contributed by atoms with Crippen LogP contribution < -0.4 is 0 Å². The highest BCUT2D eigenvalue weighted by Gasteiger charge is 2.47. The minimum atomic E-state index is -1.11.